The molecule has 0 radical (unpaired) electrons. The Labute approximate surface area is 144 Å². The Morgan fingerprint density at radius 3 is 2.38 bits per heavy atom. The number of carbonyl (C=O) groups is 1. The summed E-state index contributed by atoms with van der Waals surface area (Å²) in [5.41, 5.74) is 0.901. The number of amides is 1. The Morgan fingerprint density at radius 2 is 1.88 bits per heavy atom. The minimum Gasteiger partial charge on any atom is -0.444 e. The highest BCUT2D eigenvalue weighted by Gasteiger charge is 2.21. The van der Waals surface area contributed by atoms with Gasteiger partial charge in [0.1, 0.15) is 5.60 Å². The van der Waals surface area contributed by atoms with Crippen LogP contribution in [0.4, 0.5) is 10.5 Å². The molecule has 136 valence electrons. The van der Waals surface area contributed by atoms with E-state index < -0.39 is 21.8 Å². The maximum Gasteiger partial charge on any atom is 0.412 e. The zero-order valence-corrected chi connectivity index (χ0v) is 15.8. The second kappa shape index (κ2) is 7.98. The number of ether oxygens (including phenoxy) is 1. The van der Waals surface area contributed by atoms with E-state index in [4.69, 9.17) is 4.74 Å². The molecule has 0 fully saturated rings. The van der Waals surface area contributed by atoms with Gasteiger partial charge < -0.3 is 4.74 Å². The molecule has 0 atom stereocenters. The van der Waals surface area contributed by atoms with Gasteiger partial charge in [-0.25, -0.2) is 4.79 Å². The molecule has 0 unspecified atom stereocenters. The maximum absolute atomic E-state index is 11.9. The topological polar surface area (TPSA) is 92.7 Å². The first-order chi connectivity index (χ1) is 10.9. The number of nitrogens with one attached hydrogen (secondary N) is 1. The van der Waals surface area contributed by atoms with Crippen LogP contribution in [-0.4, -0.2) is 24.7 Å². The summed E-state index contributed by atoms with van der Waals surface area (Å²) in [7, 11) is -4.37. The van der Waals surface area contributed by atoms with Crippen molar-refractivity contribution in [2.24, 2.45) is 0 Å². The molecule has 1 rings (SSSR count). The van der Waals surface area contributed by atoms with Crippen LogP contribution in [0.3, 0.4) is 0 Å². The lowest BCUT2D eigenvalue weighted by molar-refractivity contribution is 0.0635. The molecule has 7 heteroatoms. The quantitative estimate of drug-likeness (QED) is 0.584. The monoisotopic (exact) mass is 357 g/mol. The predicted octanol–water partition coefficient (Wildman–Crippen LogP) is 4.32. The van der Waals surface area contributed by atoms with Gasteiger partial charge in [0.2, 0.25) is 0 Å². The Balaban J connectivity index is 3.13. The highest BCUT2D eigenvalue weighted by atomic mass is 32.2. The molecular formula is C17H27NO5S. The molecule has 0 heterocycles. The number of carbonyl (C=O) groups excluding carboxylic acids is 1. The van der Waals surface area contributed by atoms with Crippen molar-refractivity contribution >= 4 is 21.9 Å². The van der Waals surface area contributed by atoms with Gasteiger partial charge in [-0.05, 0) is 57.7 Å². The maximum atomic E-state index is 11.9. The third-order valence-electron chi connectivity index (χ3n) is 3.37. The number of anilines is 1. The number of unbranched alkanes of at least 4 members (excludes halogenated alkanes) is 2. The van der Waals surface area contributed by atoms with Crippen LogP contribution in [0.1, 0.15) is 58.1 Å². The standard InChI is InChI=1S/C17H27NO5S/c1-6-7-8-9-13-10-12(2)14(11-15(13)24(20,21)22)18-16(19)23-17(3,4)5/h10-11H,6-9H2,1-5H3,(H,18,19)(H,20,21,22). The van der Waals surface area contributed by atoms with E-state index in [0.717, 1.165) is 19.3 Å². The van der Waals surface area contributed by atoms with E-state index in [-0.39, 0.29) is 4.90 Å². The second-order valence-corrected chi connectivity index (χ2v) is 8.22. The van der Waals surface area contributed by atoms with Crippen LogP contribution < -0.4 is 5.32 Å². The Morgan fingerprint density at radius 1 is 1.25 bits per heavy atom. The van der Waals surface area contributed by atoms with Crippen LogP contribution in [-0.2, 0) is 21.3 Å². The molecule has 0 saturated carbocycles. The normalized spacial score (nSPS) is 12.1. The summed E-state index contributed by atoms with van der Waals surface area (Å²) in [4.78, 5) is 11.7. The fourth-order valence-electron chi connectivity index (χ4n) is 2.30. The van der Waals surface area contributed by atoms with Crippen LogP contribution in [0.2, 0.25) is 0 Å². The van der Waals surface area contributed by atoms with Gasteiger partial charge in [-0.2, -0.15) is 8.42 Å². The summed E-state index contributed by atoms with van der Waals surface area (Å²) in [5.74, 6) is 0. The number of rotatable bonds is 6. The van der Waals surface area contributed by atoms with Crippen LogP contribution in [0, 0.1) is 6.92 Å². The average molecular weight is 357 g/mol. The summed E-state index contributed by atoms with van der Waals surface area (Å²) >= 11 is 0. The SMILES string of the molecule is CCCCCc1cc(C)c(NC(=O)OC(C)(C)C)cc1S(=O)(=O)O. The third-order valence-corrected chi connectivity index (χ3v) is 4.31. The molecule has 1 aromatic rings. The Hall–Kier alpha value is -1.60. The fourth-order valence-corrected chi connectivity index (χ4v) is 3.06. The number of benzene rings is 1. The van der Waals surface area contributed by atoms with Crippen molar-refractivity contribution < 1.29 is 22.5 Å². The van der Waals surface area contributed by atoms with Crippen LogP contribution in [0.15, 0.2) is 17.0 Å². The van der Waals surface area contributed by atoms with E-state index in [1.165, 1.54) is 6.07 Å². The van der Waals surface area contributed by atoms with Gasteiger partial charge >= 0.3 is 6.09 Å². The first kappa shape index (κ1) is 20.4. The van der Waals surface area contributed by atoms with E-state index in [9.17, 15) is 17.8 Å². The largest absolute Gasteiger partial charge is 0.444 e. The molecule has 6 nitrogen and oxygen atoms in total. The molecule has 1 amide bonds. The molecule has 0 aliphatic rings. The van der Waals surface area contributed by atoms with Gasteiger partial charge in [-0.15, -0.1) is 0 Å². The van der Waals surface area contributed by atoms with Crippen molar-refractivity contribution in [1.29, 1.82) is 0 Å². The van der Waals surface area contributed by atoms with Crippen LogP contribution in [0.5, 0.6) is 0 Å². The zero-order valence-electron chi connectivity index (χ0n) is 15.0. The van der Waals surface area contributed by atoms with Gasteiger partial charge in [0.05, 0.1) is 4.90 Å². The van der Waals surface area contributed by atoms with Crippen molar-refractivity contribution in [1.82, 2.24) is 0 Å². The first-order valence-corrected chi connectivity index (χ1v) is 9.49. The second-order valence-electron chi connectivity index (χ2n) is 6.83. The average Bonchev–Trinajstić information content (AvgIpc) is 2.38. The van der Waals surface area contributed by atoms with E-state index in [1.54, 1.807) is 33.8 Å². The summed E-state index contributed by atoms with van der Waals surface area (Å²) in [6.07, 6.45) is 2.69. The Kier molecular flexibility index (Phi) is 6.80. The lowest BCUT2D eigenvalue weighted by atomic mass is 10.0. The van der Waals surface area contributed by atoms with Gasteiger partial charge in [-0.1, -0.05) is 25.8 Å². The van der Waals surface area contributed by atoms with Crippen LogP contribution in [0.25, 0.3) is 0 Å². The summed E-state index contributed by atoms with van der Waals surface area (Å²) in [5, 5.41) is 2.54. The summed E-state index contributed by atoms with van der Waals surface area (Å²) in [6.45, 7) is 9.03. The van der Waals surface area contributed by atoms with Crippen molar-refractivity contribution in [3.8, 4) is 0 Å². The fraction of sp³-hybridized carbons (Fsp3) is 0.588. The minimum atomic E-state index is -4.37. The molecule has 0 bridgehead atoms. The number of aryl methyl sites for hydroxylation is 2. The predicted molar refractivity (Wildman–Crippen MR) is 94.1 cm³/mol. The van der Waals surface area contributed by atoms with Gasteiger partial charge in [-0.3, -0.25) is 9.87 Å². The Bertz CT molecular complexity index is 690. The minimum absolute atomic E-state index is 0.171. The number of hydrogen-bond acceptors (Lipinski definition) is 4. The molecule has 0 aliphatic carbocycles. The lowest BCUT2D eigenvalue weighted by Gasteiger charge is -2.20. The zero-order chi connectivity index (χ0) is 18.5. The van der Waals surface area contributed by atoms with E-state index >= 15 is 0 Å². The van der Waals surface area contributed by atoms with Crippen LogP contribution >= 0.6 is 0 Å². The molecule has 0 spiro atoms. The van der Waals surface area contributed by atoms with E-state index in [0.29, 0.717) is 23.2 Å². The van der Waals surface area contributed by atoms with Crippen molar-refractivity contribution in [2.75, 3.05) is 5.32 Å². The summed E-state index contributed by atoms with van der Waals surface area (Å²) in [6, 6.07) is 2.97. The highest BCUT2D eigenvalue weighted by molar-refractivity contribution is 7.85. The molecule has 24 heavy (non-hydrogen) atoms. The summed E-state index contributed by atoms with van der Waals surface area (Å²) < 4.78 is 38.0. The molecule has 2 N–H and O–H groups in total. The molecular weight excluding hydrogens is 330 g/mol. The first-order valence-electron chi connectivity index (χ1n) is 8.05. The lowest BCUT2D eigenvalue weighted by Crippen LogP contribution is -2.27. The molecule has 0 aliphatic heterocycles. The highest BCUT2D eigenvalue weighted by Crippen LogP contribution is 2.26. The smallest absolute Gasteiger partial charge is 0.412 e. The van der Waals surface area contributed by atoms with Crippen molar-refractivity contribution in [3.63, 3.8) is 0 Å². The van der Waals surface area contributed by atoms with Crippen molar-refractivity contribution in [3.05, 3.63) is 23.3 Å². The van der Waals surface area contributed by atoms with Crippen molar-refractivity contribution in [2.45, 2.75) is 70.8 Å². The van der Waals surface area contributed by atoms with E-state index in [2.05, 4.69) is 12.2 Å². The number of hydrogen-bond donors (Lipinski definition) is 2. The van der Waals surface area contributed by atoms with E-state index in [1.807, 2.05) is 0 Å². The van der Waals surface area contributed by atoms with Gasteiger partial charge in [0.25, 0.3) is 10.1 Å². The molecule has 1 aromatic carbocycles. The molecule has 0 aromatic heterocycles. The molecule has 0 saturated heterocycles. The van der Waals surface area contributed by atoms with Gasteiger partial charge in [0, 0.05) is 5.69 Å². The third kappa shape index (κ3) is 6.49. The van der Waals surface area contributed by atoms with Gasteiger partial charge in [0.15, 0.2) is 0 Å².